The van der Waals surface area contributed by atoms with Crippen LogP contribution >= 0.6 is 0 Å². The third-order valence-electron chi connectivity index (χ3n) is 6.59. The Bertz CT molecular complexity index is 1250. The molecule has 6 heteroatoms. The summed E-state index contributed by atoms with van der Waals surface area (Å²) in [5.41, 5.74) is 6.93. The molecule has 0 spiro atoms. The van der Waals surface area contributed by atoms with Crippen LogP contribution in [0.4, 0.5) is 4.79 Å². The number of carbonyl (C=O) groups is 1. The Labute approximate surface area is 186 Å². The zero-order valence-electron chi connectivity index (χ0n) is 17.6. The molecule has 0 saturated carbocycles. The lowest BCUT2D eigenvalue weighted by atomic mass is 9.98. The molecular formula is C26H24N4O2. The van der Waals surface area contributed by atoms with Gasteiger partial charge in [0.2, 0.25) is 0 Å². The molecule has 1 aliphatic carbocycles. The fourth-order valence-corrected chi connectivity index (χ4v) is 5.05. The van der Waals surface area contributed by atoms with Gasteiger partial charge in [0, 0.05) is 49.7 Å². The zero-order chi connectivity index (χ0) is 21.5. The molecule has 1 amide bonds. The van der Waals surface area contributed by atoms with E-state index in [1.54, 1.807) is 11.1 Å². The number of fused-ring (bicyclic) bond motifs is 4. The van der Waals surface area contributed by atoms with E-state index in [0.717, 1.165) is 17.8 Å². The van der Waals surface area contributed by atoms with Crippen molar-refractivity contribution >= 4 is 11.7 Å². The van der Waals surface area contributed by atoms with Crippen LogP contribution in [-0.2, 0) is 4.74 Å². The molecule has 1 unspecified atom stereocenters. The Morgan fingerprint density at radius 1 is 0.969 bits per heavy atom. The van der Waals surface area contributed by atoms with Gasteiger partial charge in [0.15, 0.2) is 0 Å². The predicted molar refractivity (Wildman–Crippen MR) is 123 cm³/mol. The highest BCUT2D eigenvalue weighted by Gasteiger charge is 2.31. The quantitative estimate of drug-likeness (QED) is 0.535. The van der Waals surface area contributed by atoms with E-state index in [1.165, 1.54) is 22.3 Å². The van der Waals surface area contributed by atoms with Crippen molar-refractivity contribution in [3.05, 3.63) is 95.9 Å². The van der Waals surface area contributed by atoms with Gasteiger partial charge in [-0.1, -0.05) is 54.6 Å². The smallest absolute Gasteiger partial charge is 0.409 e. The van der Waals surface area contributed by atoms with E-state index < -0.39 is 0 Å². The van der Waals surface area contributed by atoms with Crippen LogP contribution in [0.5, 0.6) is 0 Å². The summed E-state index contributed by atoms with van der Waals surface area (Å²) >= 11 is 0. The number of pyridine rings is 1. The molecular weight excluding hydrogens is 400 g/mol. The van der Waals surface area contributed by atoms with Crippen LogP contribution in [0.1, 0.15) is 28.7 Å². The van der Waals surface area contributed by atoms with Gasteiger partial charge < -0.3 is 19.4 Å². The third-order valence-corrected chi connectivity index (χ3v) is 6.59. The Balaban J connectivity index is 1.18. The van der Waals surface area contributed by atoms with E-state index in [-0.39, 0.29) is 18.1 Å². The predicted octanol–water partition coefficient (Wildman–Crippen LogP) is 4.23. The van der Waals surface area contributed by atoms with Crippen LogP contribution in [0.15, 0.2) is 79.3 Å². The lowest BCUT2D eigenvalue weighted by molar-refractivity contribution is 0.0883. The number of rotatable bonds is 3. The minimum Gasteiger partial charge on any atom is -0.448 e. The first-order valence-corrected chi connectivity index (χ1v) is 11.0. The third kappa shape index (κ3) is 3.15. The van der Waals surface area contributed by atoms with Crippen LogP contribution in [0, 0.1) is 0 Å². The zero-order valence-corrected chi connectivity index (χ0v) is 17.6. The molecule has 3 heterocycles. The molecule has 0 radical (unpaired) electrons. The SMILES string of the molecule is O=C(OCC1c2ccccc2-c2ccccc21)N1CCNC(c2cccn3ccnc23)C1. The summed E-state index contributed by atoms with van der Waals surface area (Å²) in [4.78, 5) is 19.3. The Hall–Kier alpha value is -3.64. The van der Waals surface area contributed by atoms with Gasteiger partial charge in [0.25, 0.3) is 0 Å². The van der Waals surface area contributed by atoms with Crippen molar-refractivity contribution in [3.8, 4) is 11.1 Å². The molecule has 4 aromatic rings. The second kappa shape index (κ2) is 7.80. The Morgan fingerprint density at radius 2 is 1.69 bits per heavy atom. The molecule has 2 aromatic heterocycles. The minimum absolute atomic E-state index is 0.0235. The number of imidazole rings is 1. The molecule has 1 saturated heterocycles. The number of aromatic nitrogens is 2. The molecule has 1 fully saturated rings. The van der Waals surface area contributed by atoms with Crippen LogP contribution in [0.2, 0.25) is 0 Å². The van der Waals surface area contributed by atoms with Gasteiger partial charge in [-0.05, 0) is 28.3 Å². The van der Waals surface area contributed by atoms with Gasteiger partial charge in [-0.3, -0.25) is 0 Å². The molecule has 2 aliphatic rings. The van der Waals surface area contributed by atoms with E-state index in [9.17, 15) is 4.79 Å². The number of ether oxygens (including phenoxy) is 1. The van der Waals surface area contributed by atoms with Gasteiger partial charge in [-0.2, -0.15) is 0 Å². The van der Waals surface area contributed by atoms with Gasteiger partial charge in [-0.25, -0.2) is 9.78 Å². The maximum Gasteiger partial charge on any atom is 0.409 e. The normalized spacial score (nSPS) is 17.9. The minimum atomic E-state index is -0.256. The molecule has 1 aliphatic heterocycles. The van der Waals surface area contributed by atoms with Gasteiger partial charge in [-0.15, -0.1) is 0 Å². The van der Waals surface area contributed by atoms with Gasteiger partial charge >= 0.3 is 6.09 Å². The first-order chi connectivity index (χ1) is 15.8. The van der Waals surface area contributed by atoms with Crippen molar-refractivity contribution in [2.75, 3.05) is 26.2 Å². The molecule has 0 bridgehead atoms. The number of amides is 1. The van der Waals surface area contributed by atoms with Gasteiger partial charge in [0.05, 0.1) is 6.04 Å². The van der Waals surface area contributed by atoms with E-state index in [2.05, 4.69) is 64.9 Å². The summed E-state index contributed by atoms with van der Waals surface area (Å²) < 4.78 is 7.88. The maximum absolute atomic E-state index is 13.0. The highest BCUT2D eigenvalue weighted by Crippen LogP contribution is 2.44. The molecule has 6 nitrogen and oxygen atoms in total. The molecule has 1 N–H and O–H groups in total. The summed E-state index contributed by atoms with van der Waals surface area (Å²) in [5, 5.41) is 3.52. The largest absolute Gasteiger partial charge is 0.448 e. The van der Waals surface area contributed by atoms with Gasteiger partial charge in [0.1, 0.15) is 12.3 Å². The Kier molecular flexibility index (Phi) is 4.65. The second-order valence-corrected chi connectivity index (χ2v) is 8.38. The summed E-state index contributed by atoms with van der Waals surface area (Å²) in [6, 6.07) is 20.9. The first-order valence-electron chi connectivity index (χ1n) is 11.0. The summed E-state index contributed by atoms with van der Waals surface area (Å²) in [6.07, 6.45) is 5.46. The lowest BCUT2D eigenvalue weighted by Crippen LogP contribution is -2.48. The average Bonchev–Trinajstić information content (AvgIpc) is 3.45. The number of benzene rings is 2. The van der Waals surface area contributed by atoms with Crippen molar-refractivity contribution in [3.63, 3.8) is 0 Å². The number of hydrogen-bond donors (Lipinski definition) is 1. The summed E-state index contributed by atoms with van der Waals surface area (Å²) in [5.74, 6) is 0.0729. The van der Waals surface area contributed by atoms with E-state index in [1.807, 2.05) is 22.9 Å². The highest BCUT2D eigenvalue weighted by molar-refractivity contribution is 5.79. The maximum atomic E-state index is 13.0. The van der Waals surface area contributed by atoms with Crippen LogP contribution < -0.4 is 5.32 Å². The monoisotopic (exact) mass is 424 g/mol. The highest BCUT2D eigenvalue weighted by atomic mass is 16.6. The van der Waals surface area contributed by atoms with Crippen molar-refractivity contribution in [2.24, 2.45) is 0 Å². The molecule has 1 atom stereocenters. The van der Waals surface area contributed by atoms with Crippen LogP contribution in [0.25, 0.3) is 16.8 Å². The number of nitrogens with one attached hydrogen (secondary N) is 1. The number of piperazine rings is 1. The number of nitrogens with zero attached hydrogens (tertiary/aromatic N) is 3. The standard InChI is InChI=1S/C26H24N4O2/c31-26(30-15-11-27-24(16-30)22-10-5-13-29-14-12-28-25(22)29)32-17-23-20-8-3-1-6-18(20)19-7-2-4-9-21(19)23/h1-10,12-14,23-24,27H,11,15-17H2. The average molecular weight is 425 g/mol. The lowest BCUT2D eigenvalue weighted by Gasteiger charge is -2.33. The topological polar surface area (TPSA) is 58.9 Å². The van der Waals surface area contributed by atoms with Crippen LogP contribution in [-0.4, -0.2) is 46.6 Å². The molecule has 32 heavy (non-hydrogen) atoms. The Morgan fingerprint density at radius 3 is 2.47 bits per heavy atom. The number of carbonyl (C=O) groups excluding carboxylic acids is 1. The molecule has 6 rings (SSSR count). The van der Waals surface area contributed by atoms with Crippen molar-refractivity contribution in [2.45, 2.75) is 12.0 Å². The number of hydrogen-bond acceptors (Lipinski definition) is 4. The first kappa shape index (κ1) is 19.1. The van der Waals surface area contributed by atoms with Crippen molar-refractivity contribution in [1.82, 2.24) is 19.6 Å². The van der Waals surface area contributed by atoms with Crippen LogP contribution in [0.3, 0.4) is 0 Å². The summed E-state index contributed by atoms with van der Waals surface area (Å²) in [6.45, 7) is 2.25. The molecule has 2 aromatic carbocycles. The van der Waals surface area contributed by atoms with E-state index in [0.29, 0.717) is 19.7 Å². The summed E-state index contributed by atoms with van der Waals surface area (Å²) in [7, 11) is 0. The fraction of sp³-hybridized carbons (Fsp3) is 0.231. The van der Waals surface area contributed by atoms with E-state index >= 15 is 0 Å². The molecule has 160 valence electrons. The fourth-order valence-electron chi connectivity index (χ4n) is 5.05. The second-order valence-electron chi connectivity index (χ2n) is 8.38. The van der Waals surface area contributed by atoms with E-state index in [4.69, 9.17) is 4.74 Å². The van der Waals surface area contributed by atoms with Crippen molar-refractivity contribution in [1.29, 1.82) is 0 Å². The van der Waals surface area contributed by atoms with Crippen molar-refractivity contribution < 1.29 is 9.53 Å².